The zero-order valence-corrected chi connectivity index (χ0v) is 13.0. The highest BCUT2D eigenvalue weighted by Gasteiger charge is 2.20. The van der Waals surface area contributed by atoms with E-state index < -0.39 is 5.60 Å². The van der Waals surface area contributed by atoms with Crippen LogP contribution in [0.5, 0.6) is 0 Å². The minimum Gasteiger partial charge on any atom is -0.456 e. The maximum absolute atomic E-state index is 12.1. The van der Waals surface area contributed by atoms with Gasteiger partial charge in [-0.15, -0.1) is 0 Å². The Hall–Kier alpha value is -1.13. The smallest absolute Gasteiger partial charge is 0.340 e. The Morgan fingerprint density at radius 1 is 1.35 bits per heavy atom. The van der Waals surface area contributed by atoms with E-state index in [-0.39, 0.29) is 12.6 Å². The van der Waals surface area contributed by atoms with E-state index in [0.717, 1.165) is 31.2 Å². The number of aliphatic hydroxyl groups excluding tert-OH is 1. The molecule has 0 aromatic carbocycles. The number of ether oxygens (including phenoxy) is 1. The summed E-state index contributed by atoms with van der Waals surface area (Å²) in [5, 5.41) is 9.14. The lowest BCUT2D eigenvalue weighted by Gasteiger charge is -2.20. The van der Waals surface area contributed by atoms with Gasteiger partial charge in [0.05, 0.1) is 5.56 Å². The third-order valence-corrected chi connectivity index (χ3v) is 2.89. The van der Waals surface area contributed by atoms with Gasteiger partial charge in [0.1, 0.15) is 10.8 Å². The number of esters is 1. The summed E-state index contributed by atoms with van der Waals surface area (Å²) in [6, 6.07) is 1.71. The first-order chi connectivity index (χ1) is 9.33. The van der Waals surface area contributed by atoms with E-state index in [0.29, 0.717) is 10.7 Å². The number of aliphatic hydroxyl groups is 1. The molecule has 4 nitrogen and oxygen atoms in total. The van der Waals surface area contributed by atoms with Gasteiger partial charge in [0.15, 0.2) is 0 Å². The first kappa shape index (κ1) is 16.9. The van der Waals surface area contributed by atoms with E-state index in [1.54, 1.807) is 6.07 Å². The minimum absolute atomic E-state index is 0.191. The summed E-state index contributed by atoms with van der Waals surface area (Å²) in [5.74, 6) is -0.376. The summed E-state index contributed by atoms with van der Waals surface area (Å²) in [6.45, 7) is 5.68. The molecule has 0 aliphatic carbocycles. The lowest BCUT2D eigenvalue weighted by Crippen LogP contribution is -2.24. The van der Waals surface area contributed by atoms with E-state index in [2.05, 4.69) is 4.98 Å². The number of carbonyl (C=O) groups excluding carboxylic acids is 1. The van der Waals surface area contributed by atoms with Crippen molar-refractivity contribution in [2.45, 2.75) is 52.1 Å². The molecule has 0 saturated carbocycles. The normalized spacial score (nSPS) is 11.4. The largest absolute Gasteiger partial charge is 0.456 e. The predicted molar refractivity (Wildman–Crippen MR) is 79.1 cm³/mol. The quantitative estimate of drug-likeness (QED) is 0.497. The summed E-state index contributed by atoms with van der Waals surface area (Å²) in [5.41, 5.74) is 0.774. The number of aromatic nitrogens is 1. The van der Waals surface area contributed by atoms with E-state index in [1.807, 2.05) is 20.8 Å². The molecule has 1 aromatic rings. The van der Waals surface area contributed by atoms with Crippen molar-refractivity contribution in [3.05, 3.63) is 28.5 Å². The molecule has 20 heavy (non-hydrogen) atoms. The van der Waals surface area contributed by atoms with E-state index in [9.17, 15) is 4.79 Å². The van der Waals surface area contributed by atoms with Gasteiger partial charge in [-0.1, -0.05) is 18.0 Å². The van der Waals surface area contributed by atoms with Gasteiger partial charge in [-0.25, -0.2) is 9.78 Å². The number of rotatable bonds is 6. The van der Waals surface area contributed by atoms with Crippen LogP contribution < -0.4 is 0 Å². The Balaban J connectivity index is 2.81. The summed E-state index contributed by atoms with van der Waals surface area (Å²) in [4.78, 5) is 16.1. The van der Waals surface area contributed by atoms with E-state index >= 15 is 0 Å². The summed E-state index contributed by atoms with van der Waals surface area (Å²) >= 11 is 5.89. The van der Waals surface area contributed by atoms with Crippen molar-refractivity contribution in [3.8, 4) is 0 Å². The Labute approximate surface area is 125 Å². The number of hydrogen-bond donors (Lipinski definition) is 1. The van der Waals surface area contributed by atoms with Crippen LogP contribution in [0.1, 0.15) is 56.0 Å². The van der Waals surface area contributed by atoms with Crippen molar-refractivity contribution in [2.24, 2.45) is 0 Å². The van der Waals surface area contributed by atoms with Crippen LogP contribution in [0.4, 0.5) is 0 Å². The Morgan fingerprint density at radius 3 is 2.65 bits per heavy atom. The van der Waals surface area contributed by atoms with Crippen LogP contribution in [0.2, 0.25) is 5.15 Å². The van der Waals surface area contributed by atoms with Crippen molar-refractivity contribution in [3.63, 3.8) is 0 Å². The number of unbranched alkanes of at least 4 members (excludes halogenated alkanes) is 2. The molecule has 0 aliphatic heterocycles. The van der Waals surface area contributed by atoms with Crippen LogP contribution in [-0.2, 0) is 11.2 Å². The van der Waals surface area contributed by atoms with Crippen LogP contribution in [0.25, 0.3) is 0 Å². The van der Waals surface area contributed by atoms with Crippen molar-refractivity contribution in [1.29, 1.82) is 0 Å². The molecule has 0 unspecified atom stereocenters. The minimum atomic E-state index is -0.537. The SMILES string of the molecule is CC(C)(C)OC(=O)c1cnc(Cl)cc1CCCCCO. The molecule has 112 valence electrons. The van der Waals surface area contributed by atoms with Crippen LogP contribution in [0.3, 0.4) is 0 Å². The second-order valence-electron chi connectivity index (χ2n) is 5.70. The lowest BCUT2D eigenvalue weighted by atomic mass is 10.0. The fraction of sp³-hybridized carbons (Fsp3) is 0.600. The third kappa shape index (κ3) is 5.88. The molecule has 0 spiro atoms. The van der Waals surface area contributed by atoms with Crippen LogP contribution >= 0.6 is 11.6 Å². The summed E-state index contributed by atoms with van der Waals surface area (Å²) in [6.07, 6.45) is 4.75. The molecular weight excluding hydrogens is 278 g/mol. The highest BCUT2D eigenvalue weighted by Crippen LogP contribution is 2.19. The van der Waals surface area contributed by atoms with Crippen molar-refractivity contribution >= 4 is 17.6 Å². The fourth-order valence-electron chi connectivity index (χ4n) is 1.80. The molecular formula is C15H22ClNO3. The van der Waals surface area contributed by atoms with Gasteiger partial charge >= 0.3 is 5.97 Å². The molecule has 0 radical (unpaired) electrons. The van der Waals surface area contributed by atoms with Crippen LogP contribution in [0, 0.1) is 0 Å². The number of aryl methyl sites for hydroxylation is 1. The van der Waals surface area contributed by atoms with E-state index in [4.69, 9.17) is 21.4 Å². The Kier molecular flexibility index (Phi) is 6.43. The number of hydrogen-bond acceptors (Lipinski definition) is 4. The van der Waals surface area contributed by atoms with Gasteiger partial charge < -0.3 is 9.84 Å². The van der Waals surface area contributed by atoms with Gasteiger partial charge in [0.25, 0.3) is 0 Å². The summed E-state index contributed by atoms with van der Waals surface area (Å²) in [7, 11) is 0. The topological polar surface area (TPSA) is 59.4 Å². The number of halogens is 1. The molecule has 0 atom stereocenters. The zero-order chi connectivity index (χ0) is 15.2. The van der Waals surface area contributed by atoms with Gasteiger partial charge in [-0.2, -0.15) is 0 Å². The van der Waals surface area contributed by atoms with Gasteiger partial charge in [0.2, 0.25) is 0 Å². The molecule has 0 amide bonds. The molecule has 0 bridgehead atoms. The maximum atomic E-state index is 12.1. The Bertz CT molecular complexity index is 455. The molecule has 0 fully saturated rings. The Morgan fingerprint density at radius 2 is 2.05 bits per heavy atom. The zero-order valence-electron chi connectivity index (χ0n) is 12.3. The first-order valence-corrected chi connectivity index (χ1v) is 7.20. The summed E-state index contributed by atoms with van der Waals surface area (Å²) < 4.78 is 5.37. The molecule has 0 saturated heterocycles. The van der Waals surface area contributed by atoms with Crippen molar-refractivity contribution in [2.75, 3.05) is 6.61 Å². The second-order valence-corrected chi connectivity index (χ2v) is 6.09. The lowest BCUT2D eigenvalue weighted by molar-refractivity contribution is 0.00678. The standard InChI is InChI=1S/C15H22ClNO3/c1-15(2,3)20-14(19)12-10-17-13(16)9-11(12)7-5-4-6-8-18/h9-10,18H,4-8H2,1-3H3. The number of pyridine rings is 1. The monoisotopic (exact) mass is 299 g/mol. The maximum Gasteiger partial charge on any atom is 0.340 e. The molecule has 1 heterocycles. The highest BCUT2D eigenvalue weighted by molar-refractivity contribution is 6.29. The molecule has 1 rings (SSSR count). The van der Waals surface area contributed by atoms with Crippen molar-refractivity contribution in [1.82, 2.24) is 4.98 Å². The van der Waals surface area contributed by atoms with E-state index in [1.165, 1.54) is 6.20 Å². The fourth-order valence-corrected chi connectivity index (χ4v) is 1.98. The van der Waals surface area contributed by atoms with Crippen LogP contribution in [0.15, 0.2) is 12.3 Å². The number of carbonyl (C=O) groups is 1. The average Bonchev–Trinajstić information content (AvgIpc) is 2.32. The van der Waals surface area contributed by atoms with Crippen molar-refractivity contribution < 1.29 is 14.6 Å². The third-order valence-electron chi connectivity index (χ3n) is 2.68. The van der Waals surface area contributed by atoms with Gasteiger partial charge in [0, 0.05) is 12.8 Å². The predicted octanol–water partition coefficient (Wildman–Crippen LogP) is 3.40. The van der Waals surface area contributed by atoms with Gasteiger partial charge in [-0.05, 0) is 51.7 Å². The van der Waals surface area contributed by atoms with Gasteiger partial charge in [-0.3, -0.25) is 0 Å². The van der Waals surface area contributed by atoms with Crippen LogP contribution in [-0.4, -0.2) is 28.3 Å². The molecule has 5 heteroatoms. The molecule has 0 aliphatic rings. The average molecular weight is 300 g/mol. The number of nitrogens with zero attached hydrogens (tertiary/aromatic N) is 1. The molecule has 1 N–H and O–H groups in total. The highest BCUT2D eigenvalue weighted by atomic mass is 35.5. The second kappa shape index (κ2) is 7.60. The molecule has 1 aromatic heterocycles. The first-order valence-electron chi connectivity index (χ1n) is 6.82.